The molecule has 3 aromatic rings. The van der Waals surface area contributed by atoms with E-state index in [-0.39, 0.29) is 0 Å². The van der Waals surface area contributed by atoms with E-state index < -0.39 is 0 Å². The van der Waals surface area contributed by atoms with Crippen molar-refractivity contribution in [2.45, 2.75) is 0 Å². The Morgan fingerprint density at radius 2 is 1.28 bits per heavy atom. The highest BCUT2D eigenvalue weighted by atomic mass is 79.9. The molecule has 0 unspecified atom stereocenters. The topological polar surface area (TPSA) is 0 Å². The van der Waals surface area contributed by atoms with Crippen molar-refractivity contribution >= 4 is 85.3 Å². The molecule has 0 aliphatic heterocycles. The van der Waals surface area contributed by atoms with Crippen LogP contribution >= 0.6 is 63.7 Å². The number of rotatable bonds is 0. The van der Waals surface area contributed by atoms with Gasteiger partial charge in [-0.25, -0.2) is 0 Å². The van der Waals surface area contributed by atoms with Gasteiger partial charge in [0.15, 0.2) is 0 Å². The lowest BCUT2D eigenvalue weighted by atomic mass is 10.0. The Labute approximate surface area is 138 Å². The Bertz CT molecular complexity index is 778. The van der Waals surface area contributed by atoms with E-state index in [1.807, 2.05) is 0 Å². The molecule has 18 heavy (non-hydrogen) atoms. The van der Waals surface area contributed by atoms with Crippen LogP contribution in [0.1, 0.15) is 0 Å². The summed E-state index contributed by atoms with van der Waals surface area (Å²) >= 11 is 14.6. The molecule has 0 aliphatic carbocycles. The van der Waals surface area contributed by atoms with Gasteiger partial charge >= 0.3 is 0 Å². The zero-order valence-corrected chi connectivity index (χ0v) is 15.3. The van der Waals surface area contributed by atoms with E-state index in [1.54, 1.807) is 0 Å². The number of benzene rings is 3. The van der Waals surface area contributed by atoms with Gasteiger partial charge in [0.1, 0.15) is 0 Å². The van der Waals surface area contributed by atoms with Gasteiger partial charge in [-0.2, -0.15) is 0 Å². The molecule has 0 radical (unpaired) electrons. The summed E-state index contributed by atoms with van der Waals surface area (Å²) < 4.78 is 4.38. The summed E-state index contributed by atoms with van der Waals surface area (Å²) in [7, 11) is 0. The maximum Gasteiger partial charge on any atom is 0.0344 e. The number of hydrogen-bond donors (Lipinski definition) is 0. The summed E-state index contributed by atoms with van der Waals surface area (Å²) in [6, 6.07) is 12.5. The smallest absolute Gasteiger partial charge is 0.0344 e. The first-order chi connectivity index (χ1) is 8.59. The molecule has 0 bridgehead atoms. The van der Waals surface area contributed by atoms with Crippen molar-refractivity contribution in [2.24, 2.45) is 0 Å². The molecule has 0 fully saturated rings. The molecule has 0 nitrogen and oxygen atoms in total. The predicted molar refractivity (Wildman–Crippen MR) is 92.3 cm³/mol. The second kappa shape index (κ2) is 4.89. The van der Waals surface area contributed by atoms with Gasteiger partial charge in [-0.15, -0.1) is 0 Å². The van der Waals surface area contributed by atoms with Gasteiger partial charge in [0, 0.05) is 23.3 Å². The maximum atomic E-state index is 3.73. The molecular weight excluding hydrogens is 488 g/mol. The Morgan fingerprint density at radius 1 is 0.667 bits per heavy atom. The molecule has 0 aliphatic rings. The minimum atomic E-state index is 1.06. The van der Waals surface area contributed by atoms with Crippen LogP contribution in [0.2, 0.25) is 0 Å². The van der Waals surface area contributed by atoms with Crippen molar-refractivity contribution < 1.29 is 0 Å². The molecule has 3 rings (SSSR count). The molecule has 90 valence electrons. The van der Waals surface area contributed by atoms with Crippen LogP contribution in [-0.2, 0) is 0 Å². The summed E-state index contributed by atoms with van der Waals surface area (Å²) in [6.45, 7) is 0. The lowest BCUT2D eigenvalue weighted by molar-refractivity contribution is 1.65. The molecule has 0 heterocycles. The van der Waals surface area contributed by atoms with Crippen LogP contribution in [0.15, 0.2) is 54.3 Å². The lowest BCUT2D eigenvalue weighted by Crippen LogP contribution is -1.84. The summed E-state index contributed by atoms with van der Waals surface area (Å²) in [5, 5.41) is 4.78. The fraction of sp³-hybridized carbons (Fsp3) is 0. The first kappa shape index (κ1) is 13.1. The van der Waals surface area contributed by atoms with E-state index in [9.17, 15) is 0 Å². The highest BCUT2D eigenvalue weighted by molar-refractivity contribution is 9.11. The largest absolute Gasteiger partial charge is 0.0616 e. The number of fused-ring (bicyclic) bond motifs is 2. The standard InChI is InChI=1S/C14H6Br4/c15-7-5-10-12(11(16)6-7)14(18)9-4-2-1-3-8(9)13(10)17/h1-6H. The van der Waals surface area contributed by atoms with Gasteiger partial charge in [0.2, 0.25) is 0 Å². The zero-order valence-electron chi connectivity index (χ0n) is 8.98. The van der Waals surface area contributed by atoms with Crippen LogP contribution in [0.5, 0.6) is 0 Å². The van der Waals surface area contributed by atoms with Gasteiger partial charge in [-0.05, 0) is 60.2 Å². The van der Waals surface area contributed by atoms with Gasteiger partial charge in [0.25, 0.3) is 0 Å². The second-order valence-electron chi connectivity index (χ2n) is 3.98. The monoisotopic (exact) mass is 490 g/mol. The maximum absolute atomic E-state index is 3.73. The molecule has 0 saturated heterocycles. The zero-order chi connectivity index (χ0) is 12.9. The van der Waals surface area contributed by atoms with Crippen molar-refractivity contribution in [3.63, 3.8) is 0 Å². The summed E-state index contributed by atoms with van der Waals surface area (Å²) in [5.74, 6) is 0. The van der Waals surface area contributed by atoms with E-state index in [0.29, 0.717) is 0 Å². The van der Waals surface area contributed by atoms with E-state index in [0.717, 1.165) is 17.9 Å². The van der Waals surface area contributed by atoms with Gasteiger partial charge < -0.3 is 0 Å². The van der Waals surface area contributed by atoms with E-state index >= 15 is 0 Å². The Balaban J connectivity index is 2.67. The molecule has 0 spiro atoms. The lowest BCUT2D eigenvalue weighted by Gasteiger charge is -2.11. The Kier molecular flexibility index (Phi) is 3.56. The van der Waals surface area contributed by atoms with Crippen LogP contribution in [0, 0.1) is 0 Å². The Morgan fingerprint density at radius 3 is 1.94 bits per heavy atom. The molecule has 0 saturated carbocycles. The molecule has 0 N–H and O–H groups in total. The summed E-state index contributed by atoms with van der Waals surface area (Å²) in [5.41, 5.74) is 0. The molecule has 3 aromatic carbocycles. The summed E-state index contributed by atoms with van der Waals surface area (Å²) in [4.78, 5) is 0. The van der Waals surface area contributed by atoms with Gasteiger partial charge in [-0.1, -0.05) is 56.1 Å². The van der Waals surface area contributed by atoms with Gasteiger partial charge in [-0.3, -0.25) is 0 Å². The average molecular weight is 494 g/mol. The first-order valence-corrected chi connectivity index (χ1v) is 8.41. The van der Waals surface area contributed by atoms with E-state index in [4.69, 9.17) is 0 Å². The molecule has 0 atom stereocenters. The summed E-state index contributed by atoms with van der Waals surface area (Å²) in [6.07, 6.45) is 0. The van der Waals surface area contributed by atoms with Crippen molar-refractivity contribution in [1.82, 2.24) is 0 Å². The van der Waals surface area contributed by atoms with E-state index in [1.165, 1.54) is 21.5 Å². The molecule has 0 amide bonds. The number of hydrogen-bond acceptors (Lipinski definition) is 0. The SMILES string of the molecule is Brc1cc(Br)c2c(Br)c3ccccc3c(Br)c2c1. The highest BCUT2D eigenvalue weighted by Crippen LogP contribution is 2.43. The van der Waals surface area contributed by atoms with Crippen LogP contribution in [0.3, 0.4) is 0 Å². The predicted octanol–water partition coefficient (Wildman–Crippen LogP) is 7.04. The van der Waals surface area contributed by atoms with Crippen molar-refractivity contribution in [1.29, 1.82) is 0 Å². The molecule has 0 aromatic heterocycles. The van der Waals surface area contributed by atoms with Crippen LogP contribution in [0.25, 0.3) is 21.5 Å². The fourth-order valence-electron chi connectivity index (χ4n) is 2.12. The van der Waals surface area contributed by atoms with Crippen molar-refractivity contribution in [3.8, 4) is 0 Å². The third-order valence-corrected chi connectivity index (χ3v) is 5.67. The van der Waals surface area contributed by atoms with Crippen LogP contribution in [0.4, 0.5) is 0 Å². The Hall–Kier alpha value is 0.1000. The van der Waals surface area contributed by atoms with Crippen molar-refractivity contribution in [3.05, 3.63) is 54.3 Å². The highest BCUT2D eigenvalue weighted by Gasteiger charge is 2.13. The molecule has 4 heteroatoms. The minimum Gasteiger partial charge on any atom is -0.0616 e. The first-order valence-electron chi connectivity index (χ1n) is 5.24. The molecular formula is C14H6Br4. The fourth-order valence-corrected chi connectivity index (χ4v) is 5.24. The van der Waals surface area contributed by atoms with Crippen LogP contribution in [-0.4, -0.2) is 0 Å². The third-order valence-electron chi connectivity index (χ3n) is 2.91. The van der Waals surface area contributed by atoms with Crippen molar-refractivity contribution in [2.75, 3.05) is 0 Å². The van der Waals surface area contributed by atoms with Crippen LogP contribution < -0.4 is 0 Å². The minimum absolute atomic E-state index is 1.06. The number of halogens is 4. The quantitative estimate of drug-likeness (QED) is 0.295. The third kappa shape index (κ3) is 1.98. The van der Waals surface area contributed by atoms with Gasteiger partial charge in [0.05, 0.1) is 0 Å². The normalized spacial score (nSPS) is 11.3. The second-order valence-corrected chi connectivity index (χ2v) is 7.34. The average Bonchev–Trinajstić information content (AvgIpc) is 2.35. The van der Waals surface area contributed by atoms with E-state index in [2.05, 4.69) is 100 Å².